The largest absolute Gasteiger partial charge is 0.303 e. The van der Waals surface area contributed by atoms with E-state index in [0.29, 0.717) is 17.8 Å². The molecule has 0 aromatic carbocycles. The number of carbonyl (C=O) groups excluding carboxylic acids is 1. The molecular formula is C11H18O. The number of aldehydes is 1. The van der Waals surface area contributed by atoms with Crippen LogP contribution in [0.3, 0.4) is 0 Å². The second kappa shape index (κ2) is 3.42. The fourth-order valence-corrected chi connectivity index (χ4v) is 1.74. The Morgan fingerprint density at radius 3 is 2.75 bits per heavy atom. The third-order valence-corrected chi connectivity index (χ3v) is 3.23. The first-order valence-electron chi connectivity index (χ1n) is 4.70. The molecule has 0 radical (unpaired) electrons. The van der Waals surface area contributed by atoms with Crippen LogP contribution in [-0.2, 0) is 4.79 Å². The SMILES string of the molecule is CC(C)[C@@]1(C)CC=C(CC=O)C1. The van der Waals surface area contributed by atoms with Crippen molar-refractivity contribution in [3.05, 3.63) is 11.6 Å². The number of hydrogen-bond donors (Lipinski definition) is 0. The second-order valence-corrected chi connectivity index (χ2v) is 4.42. The van der Waals surface area contributed by atoms with Crippen LogP contribution in [0.4, 0.5) is 0 Å². The zero-order chi connectivity index (χ0) is 9.19. The Morgan fingerprint density at radius 1 is 1.67 bits per heavy atom. The summed E-state index contributed by atoms with van der Waals surface area (Å²) in [5.74, 6) is 0.706. The van der Waals surface area contributed by atoms with Gasteiger partial charge in [0, 0.05) is 6.42 Å². The van der Waals surface area contributed by atoms with Crippen molar-refractivity contribution in [2.75, 3.05) is 0 Å². The van der Waals surface area contributed by atoms with Crippen molar-refractivity contribution in [1.29, 1.82) is 0 Å². The van der Waals surface area contributed by atoms with Crippen molar-refractivity contribution in [3.8, 4) is 0 Å². The molecule has 0 aromatic heterocycles. The quantitative estimate of drug-likeness (QED) is 0.465. The summed E-state index contributed by atoms with van der Waals surface area (Å²) in [5, 5.41) is 0. The molecule has 1 aliphatic rings. The molecule has 1 atom stereocenters. The Kier molecular flexibility index (Phi) is 2.71. The molecule has 1 rings (SSSR count). The van der Waals surface area contributed by atoms with Gasteiger partial charge in [-0.15, -0.1) is 0 Å². The molecule has 0 spiro atoms. The van der Waals surface area contributed by atoms with Crippen molar-refractivity contribution in [3.63, 3.8) is 0 Å². The van der Waals surface area contributed by atoms with Crippen molar-refractivity contribution in [2.45, 2.75) is 40.0 Å². The molecule has 0 aromatic rings. The maximum absolute atomic E-state index is 10.3. The standard InChI is InChI=1S/C11H18O/c1-9(2)11(3)6-4-10(8-11)5-7-12/h4,7,9H,5-6,8H2,1-3H3/t11-/m0/s1. The van der Waals surface area contributed by atoms with Crippen LogP contribution in [0.2, 0.25) is 0 Å². The topological polar surface area (TPSA) is 17.1 Å². The smallest absolute Gasteiger partial charge is 0.124 e. The van der Waals surface area contributed by atoms with Gasteiger partial charge in [-0.25, -0.2) is 0 Å². The monoisotopic (exact) mass is 166 g/mol. The molecular weight excluding hydrogens is 148 g/mol. The van der Waals surface area contributed by atoms with Gasteiger partial charge in [0.1, 0.15) is 6.29 Å². The zero-order valence-electron chi connectivity index (χ0n) is 8.26. The van der Waals surface area contributed by atoms with Crippen LogP contribution in [0.5, 0.6) is 0 Å². The highest BCUT2D eigenvalue weighted by molar-refractivity contribution is 5.54. The number of rotatable bonds is 3. The number of carbonyl (C=O) groups is 1. The molecule has 0 N–H and O–H groups in total. The third kappa shape index (κ3) is 1.77. The molecule has 0 amide bonds. The van der Waals surface area contributed by atoms with E-state index < -0.39 is 0 Å². The van der Waals surface area contributed by atoms with Crippen LogP contribution < -0.4 is 0 Å². The molecule has 1 aliphatic carbocycles. The van der Waals surface area contributed by atoms with E-state index in [4.69, 9.17) is 0 Å². The Labute approximate surface area is 74.9 Å². The summed E-state index contributed by atoms with van der Waals surface area (Å²) in [4.78, 5) is 10.3. The minimum Gasteiger partial charge on any atom is -0.303 e. The van der Waals surface area contributed by atoms with Gasteiger partial charge >= 0.3 is 0 Å². The van der Waals surface area contributed by atoms with Gasteiger partial charge in [-0.05, 0) is 24.2 Å². The average Bonchev–Trinajstić information content (AvgIpc) is 2.34. The average molecular weight is 166 g/mol. The van der Waals surface area contributed by atoms with Crippen LogP contribution in [0, 0.1) is 11.3 Å². The molecule has 0 fully saturated rings. The van der Waals surface area contributed by atoms with Crippen LogP contribution in [0.15, 0.2) is 11.6 Å². The Balaban J connectivity index is 2.55. The lowest BCUT2D eigenvalue weighted by Crippen LogP contribution is -2.19. The molecule has 1 heteroatoms. The number of hydrogen-bond acceptors (Lipinski definition) is 1. The molecule has 0 bridgehead atoms. The summed E-state index contributed by atoms with van der Waals surface area (Å²) >= 11 is 0. The summed E-state index contributed by atoms with van der Waals surface area (Å²) in [7, 11) is 0. The van der Waals surface area contributed by atoms with Gasteiger partial charge in [0.15, 0.2) is 0 Å². The third-order valence-electron chi connectivity index (χ3n) is 3.23. The van der Waals surface area contributed by atoms with Gasteiger partial charge in [-0.2, -0.15) is 0 Å². The fraction of sp³-hybridized carbons (Fsp3) is 0.727. The molecule has 68 valence electrons. The maximum Gasteiger partial charge on any atom is 0.124 e. The fourth-order valence-electron chi connectivity index (χ4n) is 1.74. The predicted octanol–water partition coefficient (Wildman–Crippen LogP) is 2.96. The molecule has 0 heterocycles. The normalized spacial score (nSPS) is 29.2. The van der Waals surface area contributed by atoms with E-state index in [1.165, 1.54) is 5.57 Å². The Morgan fingerprint density at radius 2 is 2.33 bits per heavy atom. The van der Waals surface area contributed by atoms with E-state index in [0.717, 1.165) is 19.1 Å². The van der Waals surface area contributed by atoms with E-state index in [1.807, 2.05) is 0 Å². The second-order valence-electron chi connectivity index (χ2n) is 4.42. The molecule has 1 nitrogen and oxygen atoms in total. The van der Waals surface area contributed by atoms with Gasteiger partial charge in [-0.1, -0.05) is 32.4 Å². The highest BCUT2D eigenvalue weighted by Crippen LogP contribution is 2.43. The van der Waals surface area contributed by atoms with Gasteiger partial charge in [0.05, 0.1) is 0 Å². The van der Waals surface area contributed by atoms with E-state index >= 15 is 0 Å². The van der Waals surface area contributed by atoms with Gasteiger partial charge in [-0.3, -0.25) is 0 Å². The lowest BCUT2D eigenvalue weighted by Gasteiger charge is -2.28. The summed E-state index contributed by atoms with van der Waals surface area (Å²) in [6, 6.07) is 0. The highest BCUT2D eigenvalue weighted by Gasteiger charge is 2.32. The van der Waals surface area contributed by atoms with Crippen LogP contribution in [0.1, 0.15) is 40.0 Å². The molecule has 0 saturated heterocycles. The van der Waals surface area contributed by atoms with Crippen LogP contribution in [-0.4, -0.2) is 6.29 Å². The van der Waals surface area contributed by atoms with Crippen molar-refractivity contribution >= 4 is 6.29 Å². The van der Waals surface area contributed by atoms with Crippen molar-refractivity contribution in [1.82, 2.24) is 0 Å². The number of allylic oxidation sites excluding steroid dienone is 2. The molecule has 0 unspecified atom stereocenters. The minimum absolute atomic E-state index is 0.415. The van der Waals surface area contributed by atoms with E-state index in [1.54, 1.807) is 0 Å². The maximum atomic E-state index is 10.3. The summed E-state index contributed by atoms with van der Waals surface area (Å²) < 4.78 is 0. The molecule has 0 saturated carbocycles. The highest BCUT2D eigenvalue weighted by atomic mass is 16.1. The van der Waals surface area contributed by atoms with E-state index in [9.17, 15) is 4.79 Å². The van der Waals surface area contributed by atoms with Crippen molar-refractivity contribution in [2.24, 2.45) is 11.3 Å². The first-order chi connectivity index (χ1) is 5.58. The van der Waals surface area contributed by atoms with Gasteiger partial charge < -0.3 is 4.79 Å². The van der Waals surface area contributed by atoms with E-state index in [-0.39, 0.29) is 0 Å². The first-order valence-corrected chi connectivity index (χ1v) is 4.70. The lowest BCUT2D eigenvalue weighted by atomic mass is 9.76. The van der Waals surface area contributed by atoms with Gasteiger partial charge in [0.2, 0.25) is 0 Å². The van der Waals surface area contributed by atoms with E-state index in [2.05, 4.69) is 26.8 Å². The van der Waals surface area contributed by atoms with Gasteiger partial charge in [0.25, 0.3) is 0 Å². The van der Waals surface area contributed by atoms with Crippen molar-refractivity contribution < 1.29 is 4.79 Å². The lowest BCUT2D eigenvalue weighted by molar-refractivity contribution is -0.107. The molecule has 0 aliphatic heterocycles. The summed E-state index contributed by atoms with van der Waals surface area (Å²) in [5.41, 5.74) is 1.75. The summed E-state index contributed by atoms with van der Waals surface area (Å²) in [6.45, 7) is 6.83. The predicted molar refractivity (Wildman–Crippen MR) is 50.9 cm³/mol. The summed E-state index contributed by atoms with van der Waals surface area (Å²) in [6.07, 6.45) is 6.16. The molecule has 12 heavy (non-hydrogen) atoms. The zero-order valence-corrected chi connectivity index (χ0v) is 8.26. The minimum atomic E-state index is 0.415. The Hall–Kier alpha value is -0.590. The first kappa shape index (κ1) is 9.50. The van der Waals surface area contributed by atoms with Crippen LogP contribution in [0.25, 0.3) is 0 Å². The van der Waals surface area contributed by atoms with Crippen LogP contribution >= 0.6 is 0 Å². The Bertz CT molecular complexity index is 203.